The first kappa shape index (κ1) is 25.2. The Hall–Kier alpha value is -3.94. The van der Waals surface area contributed by atoms with Crippen molar-refractivity contribution in [3.05, 3.63) is 58.9 Å². The van der Waals surface area contributed by atoms with Gasteiger partial charge in [0.2, 0.25) is 0 Å². The molecule has 0 fully saturated rings. The Labute approximate surface area is 203 Å². The molecule has 0 atom stereocenters. The number of nitrogens with zero attached hydrogens (tertiary/aromatic N) is 4. The zero-order valence-corrected chi connectivity index (χ0v) is 20.4. The lowest BCUT2D eigenvalue weighted by Crippen LogP contribution is -2.19. The Morgan fingerprint density at radius 2 is 1.67 bits per heavy atom. The molecule has 0 saturated heterocycles. The second kappa shape index (κ2) is 8.93. The quantitative estimate of drug-likeness (QED) is 0.396. The molecular weight excluding hydrogens is 503 g/mol. The average Bonchev–Trinajstić information content (AvgIpc) is 3.24. The average molecular weight is 526 g/mol. The largest absolute Gasteiger partial charge is 0.484 e. The fraction of sp³-hybridized carbons (Fsp3) is 0.273. The van der Waals surface area contributed by atoms with Crippen LogP contribution in [0, 0.1) is 6.92 Å². The lowest BCUT2D eigenvalue weighted by Gasteiger charge is -2.15. The van der Waals surface area contributed by atoms with Gasteiger partial charge in [-0.3, -0.25) is 13.9 Å². The van der Waals surface area contributed by atoms with E-state index < -0.39 is 22.8 Å². The molecule has 14 heteroatoms. The van der Waals surface area contributed by atoms with Crippen LogP contribution in [0.1, 0.15) is 5.82 Å². The van der Waals surface area contributed by atoms with Crippen molar-refractivity contribution in [1.29, 1.82) is 0 Å². The fourth-order valence-corrected chi connectivity index (χ4v) is 4.57. The zero-order chi connectivity index (χ0) is 26.4. The molecule has 0 amide bonds. The number of halogens is 3. The van der Waals surface area contributed by atoms with Crippen molar-refractivity contribution >= 4 is 26.7 Å². The Bertz CT molecular complexity index is 1600. The van der Waals surface area contributed by atoms with Crippen molar-refractivity contribution in [1.82, 2.24) is 18.7 Å². The first-order chi connectivity index (χ1) is 16.7. The molecule has 0 bridgehead atoms. The summed E-state index contributed by atoms with van der Waals surface area (Å²) in [5.74, 6) is 0.476. The normalized spacial score (nSPS) is 12.2. The predicted octanol–water partition coefficient (Wildman–Crippen LogP) is 3.45. The highest BCUT2D eigenvalue weighted by Gasteiger charge is 2.28. The summed E-state index contributed by atoms with van der Waals surface area (Å²) in [6, 6.07) is 8.36. The number of hydrogen-bond acceptors (Lipinski definition) is 6. The lowest BCUT2D eigenvalue weighted by atomic mass is 10.2. The van der Waals surface area contributed by atoms with Crippen LogP contribution in [0.25, 0.3) is 11.0 Å². The van der Waals surface area contributed by atoms with Crippen molar-refractivity contribution in [2.45, 2.75) is 18.1 Å². The van der Waals surface area contributed by atoms with Crippen molar-refractivity contribution < 1.29 is 31.1 Å². The molecule has 2 aromatic carbocycles. The molecule has 10 nitrogen and oxygen atoms in total. The van der Waals surface area contributed by atoms with E-state index in [9.17, 15) is 26.4 Å². The van der Waals surface area contributed by atoms with Crippen LogP contribution in [0.2, 0.25) is 0 Å². The molecule has 0 unspecified atom stereocenters. The summed E-state index contributed by atoms with van der Waals surface area (Å²) < 4.78 is 81.0. The summed E-state index contributed by atoms with van der Waals surface area (Å²) in [5.41, 5.74) is 0.512. The number of aryl methyl sites for hydroxylation is 4. The molecular formula is C22H22F3N5O5S. The lowest BCUT2D eigenvalue weighted by molar-refractivity contribution is -0.153. The summed E-state index contributed by atoms with van der Waals surface area (Å²) in [6.07, 6.45) is -3.17. The van der Waals surface area contributed by atoms with Gasteiger partial charge >= 0.3 is 11.9 Å². The van der Waals surface area contributed by atoms with Crippen LogP contribution in [0.5, 0.6) is 17.2 Å². The van der Waals surface area contributed by atoms with Gasteiger partial charge in [0, 0.05) is 39.5 Å². The number of benzene rings is 2. The number of imidazole rings is 2. The van der Waals surface area contributed by atoms with Crippen molar-refractivity contribution in [3.63, 3.8) is 0 Å². The summed E-state index contributed by atoms with van der Waals surface area (Å²) in [7, 11) is 0.572. The SMILES string of the molecule is Cc1nc(S(=O)(=O)Nc2cc3c(cc2Oc2cccc(OCC(F)(F)F)c2)n(C)c(=O)n3C)cn1C. The third-order valence-electron chi connectivity index (χ3n) is 5.42. The number of sulfonamides is 1. The van der Waals surface area contributed by atoms with E-state index in [1.54, 1.807) is 25.6 Å². The highest BCUT2D eigenvalue weighted by Crippen LogP contribution is 2.36. The van der Waals surface area contributed by atoms with E-state index in [4.69, 9.17) is 9.47 Å². The Morgan fingerprint density at radius 1 is 1.03 bits per heavy atom. The van der Waals surface area contributed by atoms with E-state index in [0.717, 1.165) is 0 Å². The maximum atomic E-state index is 13.1. The number of hydrogen-bond donors (Lipinski definition) is 1. The van der Waals surface area contributed by atoms with E-state index in [1.807, 2.05) is 0 Å². The van der Waals surface area contributed by atoms with Gasteiger partial charge in [-0.15, -0.1) is 0 Å². The maximum absolute atomic E-state index is 13.1. The van der Waals surface area contributed by atoms with Crippen molar-refractivity contribution in [2.75, 3.05) is 11.3 Å². The third kappa shape index (κ3) is 5.03. The standard InChI is InChI=1S/C22H22F3N5O5S/c1-13-26-20(11-28(13)2)36(32,33)27-16-9-17-18(30(4)21(31)29(17)3)10-19(16)35-15-7-5-6-14(8-15)34-12-22(23,24)25/h5-11,27H,12H2,1-4H3. The Kier molecular flexibility index (Phi) is 6.24. The fourth-order valence-electron chi connectivity index (χ4n) is 3.46. The van der Waals surface area contributed by atoms with E-state index >= 15 is 0 Å². The Balaban J connectivity index is 1.77. The number of alkyl halides is 3. The smallest absolute Gasteiger partial charge is 0.422 e. The molecule has 1 N–H and O–H groups in total. The van der Waals surface area contributed by atoms with Gasteiger partial charge in [-0.2, -0.15) is 21.6 Å². The second-order valence-corrected chi connectivity index (χ2v) is 9.69. The first-order valence-corrected chi connectivity index (χ1v) is 11.9. The van der Waals surface area contributed by atoms with Gasteiger partial charge in [-0.25, -0.2) is 9.78 Å². The molecule has 2 aromatic heterocycles. The van der Waals surface area contributed by atoms with Crippen LogP contribution in [-0.4, -0.2) is 39.9 Å². The minimum absolute atomic E-state index is 0.00591. The predicted molar refractivity (Wildman–Crippen MR) is 125 cm³/mol. The highest BCUT2D eigenvalue weighted by atomic mass is 32.2. The molecule has 0 saturated carbocycles. The number of aromatic nitrogens is 4. The molecule has 192 valence electrons. The topological polar surface area (TPSA) is 109 Å². The first-order valence-electron chi connectivity index (χ1n) is 10.4. The van der Waals surface area contributed by atoms with E-state index in [0.29, 0.717) is 16.9 Å². The number of rotatable bonds is 7. The summed E-state index contributed by atoms with van der Waals surface area (Å²) >= 11 is 0. The molecule has 0 radical (unpaired) electrons. The summed E-state index contributed by atoms with van der Waals surface area (Å²) in [6.45, 7) is 0.163. The Morgan fingerprint density at radius 3 is 2.28 bits per heavy atom. The van der Waals surface area contributed by atoms with Gasteiger partial charge in [-0.05, 0) is 25.1 Å². The van der Waals surface area contributed by atoms with Gasteiger partial charge in [0.1, 0.15) is 17.3 Å². The number of anilines is 1. The molecule has 0 aliphatic heterocycles. The van der Waals surface area contributed by atoms with Crippen LogP contribution >= 0.6 is 0 Å². The maximum Gasteiger partial charge on any atom is 0.422 e. The van der Waals surface area contributed by atoms with Gasteiger partial charge in [0.25, 0.3) is 10.0 Å². The van der Waals surface area contributed by atoms with Crippen molar-refractivity contribution in [3.8, 4) is 17.2 Å². The number of ether oxygens (including phenoxy) is 2. The molecule has 0 aliphatic carbocycles. The van der Waals surface area contributed by atoms with Gasteiger partial charge in [0.15, 0.2) is 17.4 Å². The van der Waals surface area contributed by atoms with Gasteiger partial charge in [0.05, 0.1) is 16.7 Å². The molecule has 0 spiro atoms. The highest BCUT2D eigenvalue weighted by molar-refractivity contribution is 7.92. The van der Waals surface area contributed by atoms with Crippen LogP contribution in [0.4, 0.5) is 18.9 Å². The van der Waals surface area contributed by atoms with E-state index in [2.05, 4.69) is 9.71 Å². The number of nitrogens with one attached hydrogen (secondary N) is 1. The van der Waals surface area contributed by atoms with E-state index in [-0.39, 0.29) is 33.7 Å². The zero-order valence-electron chi connectivity index (χ0n) is 19.6. The second-order valence-electron chi connectivity index (χ2n) is 8.06. The molecule has 0 aliphatic rings. The van der Waals surface area contributed by atoms with Gasteiger partial charge in [-0.1, -0.05) is 6.07 Å². The number of fused-ring (bicyclic) bond motifs is 1. The monoisotopic (exact) mass is 525 g/mol. The van der Waals surface area contributed by atoms with Gasteiger partial charge < -0.3 is 14.0 Å². The summed E-state index contributed by atoms with van der Waals surface area (Å²) in [5, 5.41) is -0.224. The minimum Gasteiger partial charge on any atom is -0.484 e. The molecule has 36 heavy (non-hydrogen) atoms. The van der Waals surface area contributed by atoms with E-state index in [1.165, 1.54) is 58.8 Å². The molecule has 4 rings (SSSR count). The summed E-state index contributed by atoms with van der Waals surface area (Å²) in [4.78, 5) is 16.5. The molecule has 4 aromatic rings. The van der Waals surface area contributed by atoms with Crippen LogP contribution in [0.15, 0.2) is 52.4 Å². The molecule has 2 heterocycles. The van der Waals surface area contributed by atoms with Crippen LogP contribution in [-0.2, 0) is 31.2 Å². The van der Waals surface area contributed by atoms with Crippen LogP contribution < -0.4 is 19.9 Å². The minimum atomic E-state index is -4.52. The van der Waals surface area contributed by atoms with Crippen LogP contribution in [0.3, 0.4) is 0 Å². The third-order valence-corrected chi connectivity index (χ3v) is 6.65. The van der Waals surface area contributed by atoms with Crippen molar-refractivity contribution in [2.24, 2.45) is 21.1 Å².